The average molecular weight is 477 g/mol. The number of aromatic nitrogens is 4. The van der Waals surface area contributed by atoms with Crippen molar-refractivity contribution in [2.75, 3.05) is 24.3 Å². The van der Waals surface area contributed by atoms with E-state index in [1.54, 1.807) is 0 Å². The molecule has 3 rings (SSSR count). The Morgan fingerprint density at radius 1 is 1.15 bits per heavy atom. The van der Waals surface area contributed by atoms with E-state index in [1.807, 2.05) is 0 Å². The molecule has 0 spiro atoms. The van der Waals surface area contributed by atoms with Gasteiger partial charge in [0.05, 0.1) is 24.0 Å². The van der Waals surface area contributed by atoms with Crippen molar-refractivity contribution in [3.63, 3.8) is 0 Å². The first kappa shape index (κ1) is 23.4. The SMILES string of the molecule is COc1cc(NS(=O)(=O)c2ccc(NC(=O)c3c([N+](=O)[O-])c(C)nn3C)cc2)nc(OC)n1. The quantitative estimate of drug-likeness (QED) is 0.356. The molecule has 174 valence electrons. The van der Waals surface area contributed by atoms with E-state index in [2.05, 4.69) is 25.1 Å². The van der Waals surface area contributed by atoms with Gasteiger partial charge in [0.2, 0.25) is 11.6 Å². The Kier molecular flexibility index (Phi) is 6.43. The predicted octanol–water partition coefficient (Wildman–Crippen LogP) is 1.50. The summed E-state index contributed by atoms with van der Waals surface area (Å²) in [5.74, 6) is -0.745. The smallest absolute Gasteiger partial charge is 0.322 e. The third-order valence-electron chi connectivity index (χ3n) is 4.32. The van der Waals surface area contributed by atoms with Gasteiger partial charge in [0.25, 0.3) is 15.9 Å². The van der Waals surface area contributed by atoms with Gasteiger partial charge in [0.1, 0.15) is 5.69 Å². The molecule has 33 heavy (non-hydrogen) atoms. The van der Waals surface area contributed by atoms with Crippen LogP contribution in [0.15, 0.2) is 35.2 Å². The van der Waals surface area contributed by atoms with E-state index < -0.39 is 26.5 Å². The molecule has 0 atom stereocenters. The molecule has 2 N–H and O–H groups in total. The van der Waals surface area contributed by atoms with Crippen molar-refractivity contribution in [2.45, 2.75) is 11.8 Å². The van der Waals surface area contributed by atoms with E-state index in [0.29, 0.717) is 0 Å². The summed E-state index contributed by atoms with van der Waals surface area (Å²) in [6.45, 7) is 1.42. The highest BCUT2D eigenvalue weighted by atomic mass is 32.2. The first-order valence-electron chi connectivity index (χ1n) is 9.15. The fraction of sp³-hybridized carbons (Fsp3) is 0.222. The summed E-state index contributed by atoms with van der Waals surface area (Å²) >= 11 is 0. The maximum atomic E-state index is 12.7. The van der Waals surface area contributed by atoms with Gasteiger partial charge in [-0.15, -0.1) is 0 Å². The van der Waals surface area contributed by atoms with Gasteiger partial charge >= 0.3 is 11.7 Å². The summed E-state index contributed by atoms with van der Waals surface area (Å²) in [5.41, 5.74) is -0.327. The zero-order chi connectivity index (χ0) is 24.3. The number of rotatable bonds is 8. The van der Waals surface area contributed by atoms with E-state index >= 15 is 0 Å². The largest absolute Gasteiger partial charge is 0.481 e. The molecule has 0 fully saturated rings. The third-order valence-corrected chi connectivity index (χ3v) is 5.69. The number of benzene rings is 1. The molecule has 1 amide bonds. The number of aryl methyl sites for hydroxylation is 2. The fourth-order valence-electron chi connectivity index (χ4n) is 2.88. The molecule has 14 nitrogen and oxygen atoms in total. The molecular weight excluding hydrogens is 458 g/mol. The van der Waals surface area contributed by atoms with Gasteiger partial charge in [0.15, 0.2) is 5.82 Å². The van der Waals surface area contributed by atoms with E-state index in [0.717, 1.165) is 4.68 Å². The molecule has 3 aromatic rings. The number of nitrogens with zero attached hydrogens (tertiary/aromatic N) is 5. The van der Waals surface area contributed by atoms with Gasteiger partial charge < -0.3 is 14.8 Å². The highest BCUT2D eigenvalue weighted by Crippen LogP contribution is 2.24. The summed E-state index contributed by atoms with van der Waals surface area (Å²) in [6, 6.07) is 6.35. The predicted molar refractivity (Wildman–Crippen MR) is 115 cm³/mol. The lowest BCUT2D eigenvalue weighted by Gasteiger charge is -2.10. The van der Waals surface area contributed by atoms with Gasteiger partial charge in [0, 0.05) is 18.8 Å². The van der Waals surface area contributed by atoms with E-state index in [1.165, 1.54) is 58.5 Å². The molecule has 0 aliphatic rings. The van der Waals surface area contributed by atoms with Crippen molar-refractivity contribution in [2.24, 2.45) is 7.05 Å². The first-order chi connectivity index (χ1) is 15.6. The second-order valence-corrected chi connectivity index (χ2v) is 8.21. The molecule has 2 aromatic heterocycles. The lowest BCUT2D eigenvalue weighted by molar-refractivity contribution is -0.385. The number of carbonyl (C=O) groups excluding carboxylic acids is 1. The third kappa shape index (κ3) is 4.98. The Bertz CT molecular complexity index is 1300. The number of carbonyl (C=O) groups is 1. The van der Waals surface area contributed by atoms with Crippen LogP contribution in [0.1, 0.15) is 16.2 Å². The van der Waals surface area contributed by atoms with Crippen molar-refractivity contribution in [3.05, 3.63) is 51.8 Å². The number of anilines is 2. The number of amides is 1. The Hall–Kier alpha value is -4.27. The number of ether oxygens (including phenoxy) is 2. The second kappa shape index (κ2) is 9.07. The van der Waals surface area contributed by atoms with Crippen LogP contribution >= 0.6 is 0 Å². The maximum Gasteiger partial charge on any atom is 0.322 e. The van der Waals surface area contributed by atoms with Crippen molar-refractivity contribution < 1.29 is 27.6 Å². The van der Waals surface area contributed by atoms with Crippen molar-refractivity contribution >= 4 is 33.1 Å². The first-order valence-corrected chi connectivity index (χ1v) is 10.6. The Morgan fingerprint density at radius 2 is 1.82 bits per heavy atom. The Balaban J connectivity index is 1.80. The second-order valence-electron chi connectivity index (χ2n) is 6.53. The highest BCUT2D eigenvalue weighted by molar-refractivity contribution is 7.92. The minimum absolute atomic E-state index is 0.0741. The molecule has 0 bridgehead atoms. The van der Waals surface area contributed by atoms with Crippen LogP contribution in [-0.2, 0) is 17.1 Å². The topological polar surface area (TPSA) is 180 Å². The van der Waals surface area contributed by atoms with Crippen molar-refractivity contribution in [1.82, 2.24) is 19.7 Å². The van der Waals surface area contributed by atoms with Gasteiger partial charge in [-0.3, -0.25) is 24.3 Å². The summed E-state index contributed by atoms with van der Waals surface area (Å²) in [5, 5.41) is 17.7. The van der Waals surface area contributed by atoms with Gasteiger partial charge in [-0.2, -0.15) is 15.1 Å². The lowest BCUT2D eigenvalue weighted by Crippen LogP contribution is -2.18. The highest BCUT2D eigenvalue weighted by Gasteiger charge is 2.29. The van der Waals surface area contributed by atoms with Crippen LogP contribution in [0, 0.1) is 17.0 Å². The molecule has 0 unspecified atom stereocenters. The van der Waals surface area contributed by atoms with E-state index in [4.69, 9.17) is 9.47 Å². The molecule has 0 saturated heterocycles. The normalized spacial score (nSPS) is 11.0. The number of hydrogen-bond acceptors (Lipinski definition) is 10. The van der Waals surface area contributed by atoms with Crippen LogP contribution in [0.4, 0.5) is 17.2 Å². The minimum atomic E-state index is -4.05. The van der Waals surface area contributed by atoms with Crippen LogP contribution < -0.4 is 19.5 Å². The van der Waals surface area contributed by atoms with E-state index in [9.17, 15) is 23.3 Å². The summed E-state index contributed by atoms with van der Waals surface area (Å²) < 4.78 is 38.7. The van der Waals surface area contributed by atoms with Crippen LogP contribution in [0.5, 0.6) is 11.9 Å². The van der Waals surface area contributed by atoms with Crippen LogP contribution in [-0.4, -0.2) is 53.2 Å². The van der Waals surface area contributed by atoms with Crippen LogP contribution in [0.25, 0.3) is 0 Å². The average Bonchev–Trinajstić information content (AvgIpc) is 3.07. The number of nitro groups is 1. The maximum absolute atomic E-state index is 12.7. The molecule has 1 aromatic carbocycles. The molecule has 2 heterocycles. The lowest BCUT2D eigenvalue weighted by atomic mass is 10.2. The molecular formula is C18H19N7O7S. The van der Waals surface area contributed by atoms with Gasteiger partial charge in [-0.05, 0) is 31.2 Å². The van der Waals surface area contributed by atoms with Crippen LogP contribution in [0.3, 0.4) is 0 Å². The standard InChI is InChI=1S/C18H19N7O7S/c1-10-15(25(27)28)16(24(2)22-10)17(26)19-11-5-7-12(8-6-11)33(29,30)23-13-9-14(31-3)21-18(20-13)32-4/h5-9H,1-4H3,(H,19,26)(H,20,21,23). The molecule has 0 aliphatic heterocycles. The van der Waals surface area contributed by atoms with Gasteiger partial charge in [-0.25, -0.2) is 8.42 Å². The van der Waals surface area contributed by atoms with Crippen LogP contribution in [0.2, 0.25) is 0 Å². The number of methoxy groups -OCH3 is 2. The molecule has 15 heteroatoms. The van der Waals surface area contributed by atoms with E-state index in [-0.39, 0.29) is 39.7 Å². The van der Waals surface area contributed by atoms with Gasteiger partial charge in [-0.1, -0.05) is 0 Å². The number of sulfonamides is 1. The van der Waals surface area contributed by atoms with Crippen molar-refractivity contribution in [3.8, 4) is 11.9 Å². The molecule has 0 aliphatic carbocycles. The number of hydrogen-bond donors (Lipinski definition) is 2. The summed E-state index contributed by atoms with van der Waals surface area (Å²) in [7, 11) is 0.0372. The summed E-state index contributed by atoms with van der Waals surface area (Å²) in [4.78, 5) is 30.8. The minimum Gasteiger partial charge on any atom is -0.481 e. The zero-order valence-corrected chi connectivity index (χ0v) is 18.7. The molecule has 0 saturated carbocycles. The fourth-order valence-corrected chi connectivity index (χ4v) is 3.87. The van der Waals surface area contributed by atoms with Crippen molar-refractivity contribution in [1.29, 1.82) is 0 Å². The Morgan fingerprint density at radius 3 is 2.39 bits per heavy atom. The summed E-state index contributed by atoms with van der Waals surface area (Å²) in [6.07, 6.45) is 0. The number of nitrogens with one attached hydrogen (secondary N) is 2. The Labute approximate surface area is 187 Å². The molecule has 0 radical (unpaired) electrons. The zero-order valence-electron chi connectivity index (χ0n) is 17.9. The monoisotopic (exact) mass is 477 g/mol.